The molecule has 1 aromatic rings. The van der Waals surface area contributed by atoms with E-state index >= 15 is 0 Å². The molecule has 1 rings (SSSR count). The summed E-state index contributed by atoms with van der Waals surface area (Å²) >= 11 is 0. The van der Waals surface area contributed by atoms with Gasteiger partial charge >= 0.3 is 0 Å². The fourth-order valence-electron chi connectivity index (χ4n) is 1.71. The van der Waals surface area contributed by atoms with E-state index < -0.39 is 15.8 Å². The highest BCUT2D eigenvalue weighted by molar-refractivity contribution is 7.89. The molecule has 0 aliphatic rings. The number of hydrogen-bond acceptors (Lipinski definition) is 3. The normalized spacial score (nSPS) is 12.0. The van der Waals surface area contributed by atoms with Crippen LogP contribution in [0.15, 0.2) is 23.1 Å². The summed E-state index contributed by atoms with van der Waals surface area (Å²) in [5.74, 6) is -0.0418. The number of rotatable bonds is 7. The van der Waals surface area contributed by atoms with Gasteiger partial charge in [0.25, 0.3) is 0 Å². The summed E-state index contributed by atoms with van der Waals surface area (Å²) in [6.07, 6.45) is 2.79. The van der Waals surface area contributed by atoms with Gasteiger partial charge in [-0.3, -0.25) is 0 Å². The first-order chi connectivity index (χ1) is 8.81. The Morgan fingerprint density at radius 2 is 1.95 bits per heavy atom. The average Bonchev–Trinajstić information content (AvgIpc) is 2.26. The monoisotopic (exact) mass is 288 g/mol. The van der Waals surface area contributed by atoms with E-state index in [2.05, 4.69) is 18.6 Å². The van der Waals surface area contributed by atoms with E-state index in [4.69, 9.17) is 5.73 Å². The van der Waals surface area contributed by atoms with Crippen molar-refractivity contribution in [3.05, 3.63) is 24.0 Å². The lowest BCUT2D eigenvalue weighted by atomic mass is 10.1. The molecule has 108 valence electrons. The summed E-state index contributed by atoms with van der Waals surface area (Å²) in [6, 6.07) is 3.30. The average molecular weight is 288 g/mol. The zero-order valence-electron chi connectivity index (χ0n) is 11.3. The number of nitrogens with one attached hydrogen (secondary N) is 1. The second kappa shape index (κ2) is 6.86. The van der Waals surface area contributed by atoms with E-state index in [1.54, 1.807) is 0 Å². The fraction of sp³-hybridized carbons (Fsp3) is 0.538. The summed E-state index contributed by atoms with van der Waals surface area (Å²) in [6.45, 7) is 4.60. The fourth-order valence-corrected chi connectivity index (χ4v) is 2.85. The predicted octanol–water partition coefficient (Wildman–Crippen LogP) is 2.51. The third-order valence-corrected chi connectivity index (χ3v) is 4.14. The molecule has 4 nitrogen and oxygen atoms in total. The molecule has 0 saturated heterocycles. The zero-order valence-corrected chi connectivity index (χ0v) is 12.1. The molecular weight excluding hydrogens is 267 g/mol. The molecule has 0 unspecified atom stereocenters. The molecule has 6 heteroatoms. The van der Waals surface area contributed by atoms with Gasteiger partial charge in [-0.25, -0.2) is 17.5 Å². The minimum absolute atomic E-state index is 0.0974. The van der Waals surface area contributed by atoms with Crippen LogP contribution in [-0.4, -0.2) is 15.0 Å². The molecule has 19 heavy (non-hydrogen) atoms. The van der Waals surface area contributed by atoms with Gasteiger partial charge in [0.2, 0.25) is 10.0 Å². The van der Waals surface area contributed by atoms with Gasteiger partial charge in [0.15, 0.2) is 0 Å². The van der Waals surface area contributed by atoms with Crippen LogP contribution in [0.2, 0.25) is 0 Å². The van der Waals surface area contributed by atoms with Crippen molar-refractivity contribution in [3.63, 3.8) is 0 Å². The van der Waals surface area contributed by atoms with Gasteiger partial charge in [-0.1, -0.05) is 26.7 Å². The maximum absolute atomic E-state index is 13.1. The summed E-state index contributed by atoms with van der Waals surface area (Å²) in [4.78, 5) is -0.131. The minimum Gasteiger partial charge on any atom is -0.399 e. The Hall–Kier alpha value is -1.14. The van der Waals surface area contributed by atoms with Crippen molar-refractivity contribution in [2.45, 2.75) is 38.0 Å². The summed E-state index contributed by atoms with van der Waals surface area (Å²) in [5, 5.41) is 0. The minimum atomic E-state index is -3.68. The number of sulfonamides is 1. The third kappa shape index (κ3) is 5.57. The van der Waals surface area contributed by atoms with Crippen molar-refractivity contribution in [2.75, 3.05) is 12.3 Å². The molecule has 0 spiro atoms. The first-order valence-corrected chi connectivity index (χ1v) is 7.85. The molecular formula is C13H21FN2O2S. The summed E-state index contributed by atoms with van der Waals surface area (Å²) < 4.78 is 39.4. The number of benzene rings is 1. The Labute approximate surface area is 114 Å². The second-order valence-corrected chi connectivity index (χ2v) is 6.77. The largest absolute Gasteiger partial charge is 0.399 e. The zero-order chi connectivity index (χ0) is 14.5. The molecule has 3 N–H and O–H groups in total. The Morgan fingerprint density at radius 3 is 2.53 bits per heavy atom. The third-order valence-electron chi connectivity index (χ3n) is 2.70. The van der Waals surface area contributed by atoms with E-state index in [0.29, 0.717) is 12.5 Å². The maximum Gasteiger partial charge on any atom is 0.240 e. The van der Waals surface area contributed by atoms with Crippen LogP contribution in [0.4, 0.5) is 10.1 Å². The molecule has 0 atom stereocenters. The van der Waals surface area contributed by atoms with Crippen LogP contribution in [0, 0.1) is 11.7 Å². The number of halogens is 1. The van der Waals surface area contributed by atoms with E-state index in [0.717, 1.165) is 31.4 Å². The van der Waals surface area contributed by atoms with Crippen molar-refractivity contribution in [2.24, 2.45) is 5.92 Å². The van der Waals surface area contributed by atoms with E-state index in [1.165, 1.54) is 6.07 Å². The van der Waals surface area contributed by atoms with Gasteiger partial charge in [-0.05, 0) is 30.5 Å². The van der Waals surface area contributed by atoms with Crippen LogP contribution >= 0.6 is 0 Å². The van der Waals surface area contributed by atoms with Gasteiger partial charge in [-0.2, -0.15) is 0 Å². The lowest BCUT2D eigenvalue weighted by Crippen LogP contribution is -2.25. The van der Waals surface area contributed by atoms with E-state index in [1.807, 2.05) is 0 Å². The van der Waals surface area contributed by atoms with Gasteiger partial charge in [0.05, 0.1) is 4.90 Å². The quantitative estimate of drug-likeness (QED) is 0.598. The Morgan fingerprint density at radius 1 is 1.26 bits per heavy atom. The first kappa shape index (κ1) is 15.9. The number of hydrogen-bond donors (Lipinski definition) is 2. The topological polar surface area (TPSA) is 72.2 Å². The maximum atomic E-state index is 13.1. The number of nitrogen functional groups attached to an aromatic ring is 1. The van der Waals surface area contributed by atoms with Crippen LogP contribution in [0.3, 0.4) is 0 Å². The predicted molar refractivity (Wildman–Crippen MR) is 74.7 cm³/mol. The number of anilines is 1. The highest BCUT2D eigenvalue weighted by atomic mass is 32.2. The molecule has 0 aliphatic carbocycles. The van der Waals surface area contributed by atoms with E-state index in [9.17, 15) is 12.8 Å². The molecule has 0 radical (unpaired) electrons. The molecule has 0 heterocycles. The van der Waals surface area contributed by atoms with Crippen LogP contribution < -0.4 is 10.5 Å². The van der Waals surface area contributed by atoms with Gasteiger partial charge in [-0.15, -0.1) is 0 Å². The lowest BCUT2D eigenvalue weighted by Gasteiger charge is -2.08. The van der Waals surface area contributed by atoms with Crippen molar-refractivity contribution >= 4 is 15.7 Å². The molecule has 0 aromatic heterocycles. The SMILES string of the molecule is CC(C)CCCCNS(=O)(=O)c1cc(N)cc(F)c1. The highest BCUT2D eigenvalue weighted by Crippen LogP contribution is 2.15. The lowest BCUT2D eigenvalue weighted by molar-refractivity contribution is 0.530. The van der Waals surface area contributed by atoms with Crippen LogP contribution in [-0.2, 0) is 10.0 Å². The second-order valence-electron chi connectivity index (χ2n) is 5.01. The van der Waals surface area contributed by atoms with Crippen LogP contribution in [0.5, 0.6) is 0 Å². The Kier molecular flexibility index (Phi) is 5.75. The molecule has 0 aliphatic heterocycles. The molecule has 0 bridgehead atoms. The van der Waals surface area contributed by atoms with Crippen LogP contribution in [0.1, 0.15) is 33.1 Å². The van der Waals surface area contributed by atoms with Gasteiger partial charge < -0.3 is 5.73 Å². The van der Waals surface area contributed by atoms with Gasteiger partial charge in [0.1, 0.15) is 5.82 Å². The summed E-state index contributed by atoms with van der Waals surface area (Å²) in [7, 11) is -3.68. The molecule has 0 fully saturated rings. The standard InChI is InChI=1S/C13H21FN2O2S/c1-10(2)5-3-4-6-16-19(17,18)13-8-11(14)7-12(15)9-13/h7-10,16H,3-6,15H2,1-2H3. The smallest absolute Gasteiger partial charge is 0.240 e. The highest BCUT2D eigenvalue weighted by Gasteiger charge is 2.14. The number of unbranched alkanes of at least 4 members (excludes halogenated alkanes) is 1. The van der Waals surface area contributed by atoms with Crippen LogP contribution in [0.25, 0.3) is 0 Å². The van der Waals surface area contributed by atoms with Crippen molar-refractivity contribution in [1.82, 2.24) is 4.72 Å². The summed E-state index contributed by atoms with van der Waals surface area (Å²) in [5.41, 5.74) is 5.53. The van der Waals surface area contributed by atoms with Crippen molar-refractivity contribution in [3.8, 4) is 0 Å². The first-order valence-electron chi connectivity index (χ1n) is 6.37. The van der Waals surface area contributed by atoms with Gasteiger partial charge in [0, 0.05) is 12.2 Å². The Bertz CT molecular complexity index is 495. The molecule has 1 aromatic carbocycles. The molecule has 0 amide bonds. The van der Waals surface area contributed by atoms with E-state index in [-0.39, 0.29) is 10.6 Å². The van der Waals surface area contributed by atoms with Crippen molar-refractivity contribution < 1.29 is 12.8 Å². The Balaban J connectivity index is 2.56. The number of nitrogens with two attached hydrogens (primary N) is 1. The van der Waals surface area contributed by atoms with Crippen molar-refractivity contribution in [1.29, 1.82) is 0 Å². The molecule has 0 saturated carbocycles.